The van der Waals surface area contributed by atoms with E-state index in [0.29, 0.717) is 44.4 Å². The topological polar surface area (TPSA) is 121 Å². The molecule has 0 radical (unpaired) electrons. The number of carbonyl (C=O) groups is 1. The molecule has 3 heterocycles. The molecule has 2 aromatic carbocycles. The highest BCUT2D eigenvalue weighted by atomic mass is 16.6. The molecule has 3 N–H and O–H groups in total. The van der Waals surface area contributed by atoms with Crippen LogP contribution in [0.4, 0.5) is 4.79 Å². The number of carbonyl (C=O) groups excluding carboxylic acids is 1. The summed E-state index contributed by atoms with van der Waals surface area (Å²) in [6, 6.07) is 21.4. The lowest BCUT2D eigenvalue weighted by atomic mass is 9.90. The standard InChI is InChI=1S/C34H43N5O5/c1-24(26-8-6-5-7-9-26)20-30(40)37-18-16-34(43,17-19-37)22-38-23-36-39-28(14-15-29(39)31(38)41)27-12-10-25(11-13-27)21-35-32(42)44-33(2,3)4/h5-15,23-24,30,40,43H,16-22H2,1-4H3,(H,35,42)/t24-,30?/m1/s1. The minimum atomic E-state index is -1.07. The zero-order valence-electron chi connectivity index (χ0n) is 25.9. The molecule has 0 bridgehead atoms. The second kappa shape index (κ2) is 12.9. The summed E-state index contributed by atoms with van der Waals surface area (Å²) >= 11 is 0. The van der Waals surface area contributed by atoms with Crippen LogP contribution in [-0.2, 0) is 17.8 Å². The summed E-state index contributed by atoms with van der Waals surface area (Å²) in [5, 5.41) is 29.6. The highest BCUT2D eigenvalue weighted by Gasteiger charge is 2.35. The Hall–Kier alpha value is -3.99. The molecular formula is C34H43N5O5. The van der Waals surface area contributed by atoms with Gasteiger partial charge in [0.1, 0.15) is 23.7 Å². The molecule has 0 spiro atoms. The fourth-order valence-corrected chi connectivity index (χ4v) is 5.74. The molecule has 2 aromatic heterocycles. The largest absolute Gasteiger partial charge is 0.444 e. The number of fused-ring (bicyclic) bond motifs is 1. The maximum atomic E-state index is 13.4. The Balaban J connectivity index is 1.20. The third kappa shape index (κ3) is 7.56. The summed E-state index contributed by atoms with van der Waals surface area (Å²) in [6.45, 7) is 9.13. The number of amides is 1. The van der Waals surface area contributed by atoms with Gasteiger partial charge in [0.2, 0.25) is 0 Å². The lowest BCUT2D eigenvalue weighted by molar-refractivity contribution is -0.0841. The Morgan fingerprint density at radius 1 is 1.05 bits per heavy atom. The van der Waals surface area contributed by atoms with Crippen LogP contribution < -0.4 is 10.9 Å². The van der Waals surface area contributed by atoms with Crippen molar-refractivity contribution >= 4 is 11.6 Å². The summed E-state index contributed by atoms with van der Waals surface area (Å²) in [7, 11) is 0. The summed E-state index contributed by atoms with van der Waals surface area (Å²) in [5.74, 6) is 0.217. The summed E-state index contributed by atoms with van der Waals surface area (Å²) in [4.78, 5) is 27.4. The van der Waals surface area contributed by atoms with Crippen LogP contribution in [0, 0.1) is 0 Å². The predicted octanol–water partition coefficient (Wildman–Crippen LogP) is 4.53. The van der Waals surface area contributed by atoms with E-state index in [1.165, 1.54) is 16.5 Å². The van der Waals surface area contributed by atoms with Gasteiger partial charge in [0, 0.05) is 25.2 Å². The molecule has 4 aromatic rings. The van der Waals surface area contributed by atoms with Crippen LogP contribution in [-0.4, -0.2) is 65.9 Å². The van der Waals surface area contributed by atoms with E-state index in [1.54, 1.807) is 10.6 Å². The van der Waals surface area contributed by atoms with Crippen molar-refractivity contribution in [2.45, 2.75) is 83.4 Å². The fraction of sp³-hybridized carbons (Fsp3) is 0.441. The van der Waals surface area contributed by atoms with Gasteiger partial charge in [-0.05, 0) is 69.2 Å². The zero-order valence-corrected chi connectivity index (χ0v) is 25.9. The van der Waals surface area contributed by atoms with Crippen LogP contribution >= 0.6 is 0 Å². The van der Waals surface area contributed by atoms with Crippen molar-refractivity contribution in [2.24, 2.45) is 0 Å². The average Bonchev–Trinajstić information content (AvgIpc) is 3.42. The number of rotatable bonds is 9. The number of nitrogens with one attached hydrogen (secondary N) is 1. The van der Waals surface area contributed by atoms with Gasteiger partial charge in [-0.1, -0.05) is 61.5 Å². The third-order valence-electron chi connectivity index (χ3n) is 8.28. The fourth-order valence-electron chi connectivity index (χ4n) is 5.74. The quantitative estimate of drug-likeness (QED) is 0.258. The van der Waals surface area contributed by atoms with Crippen molar-refractivity contribution in [3.05, 3.63) is 94.5 Å². The smallest absolute Gasteiger partial charge is 0.407 e. The molecule has 0 saturated carbocycles. The van der Waals surface area contributed by atoms with E-state index in [2.05, 4.69) is 29.5 Å². The first-order valence-electron chi connectivity index (χ1n) is 15.2. The van der Waals surface area contributed by atoms with Crippen LogP contribution in [0.25, 0.3) is 16.8 Å². The Labute approximate surface area is 257 Å². The number of likely N-dealkylation sites (tertiary alicyclic amines) is 1. The molecule has 0 aliphatic carbocycles. The van der Waals surface area contributed by atoms with E-state index >= 15 is 0 Å². The molecule has 234 valence electrons. The summed E-state index contributed by atoms with van der Waals surface area (Å²) in [6.07, 6.45) is 1.93. The highest BCUT2D eigenvalue weighted by molar-refractivity contribution is 5.68. The molecule has 1 fully saturated rings. The van der Waals surface area contributed by atoms with Gasteiger partial charge in [0.05, 0.1) is 17.8 Å². The number of ether oxygens (including phenoxy) is 1. The van der Waals surface area contributed by atoms with E-state index in [-0.39, 0.29) is 18.0 Å². The molecule has 2 atom stereocenters. The van der Waals surface area contributed by atoms with Crippen molar-refractivity contribution in [1.29, 1.82) is 0 Å². The van der Waals surface area contributed by atoms with Crippen LogP contribution in [0.3, 0.4) is 0 Å². The molecule has 1 aliphatic rings. The number of hydrogen-bond acceptors (Lipinski definition) is 7. The van der Waals surface area contributed by atoms with Gasteiger partial charge >= 0.3 is 6.09 Å². The summed E-state index contributed by atoms with van der Waals surface area (Å²) in [5.41, 5.74) is 2.32. The first kappa shape index (κ1) is 31.4. The van der Waals surface area contributed by atoms with Gasteiger partial charge in [0.25, 0.3) is 5.56 Å². The van der Waals surface area contributed by atoms with Gasteiger partial charge in [-0.15, -0.1) is 0 Å². The Morgan fingerprint density at radius 3 is 2.39 bits per heavy atom. The number of aliphatic hydroxyl groups excluding tert-OH is 1. The van der Waals surface area contributed by atoms with E-state index in [1.807, 2.05) is 74.2 Å². The van der Waals surface area contributed by atoms with Crippen LogP contribution in [0.1, 0.15) is 64.0 Å². The van der Waals surface area contributed by atoms with Crippen molar-refractivity contribution < 1.29 is 19.7 Å². The van der Waals surface area contributed by atoms with E-state index in [4.69, 9.17) is 4.74 Å². The lowest BCUT2D eigenvalue weighted by Crippen LogP contribution is -2.51. The maximum Gasteiger partial charge on any atom is 0.407 e. The molecule has 1 amide bonds. The highest BCUT2D eigenvalue weighted by Crippen LogP contribution is 2.28. The van der Waals surface area contributed by atoms with Crippen LogP contribution in [0.15, 0.2) is 77.9 Å². The first-order chi connectivity index (χ1) is 20.9. The normalized spacial score (nSPS) is 16.9. The van der Waals surface area contributed by atoms with E-state index in [9.17, 15) is 19.8 Å². The Kier molecular flexibility index (Phi) is 9.24. The summed E-state index contributed by atoms with van der Waals surface area (Å²) < 4.78 is 8.38. The monoisotopic (exact) mass is 601 g/mol. The molecule has 10 nitrogen and oxygen atoms in total. The van der Waals surface area contributed by atoms with E-state index in [0.717, 1.165) is 16.8 Å². The van der Waals surface area contributed by atoms with Crippen molar-refractivity contribution in [3.8, 4) is 11.3 Å². The number of nitrogens with zero attached hydrogens (tertiary/aromatic N) is 4. The molecular weight excluding hydrogens is 558 g/mol. The van der Waals surface area contributed by atoms with Crippen LogP contribution in [0.5, 0.6) is 0 Å². The van der Waals surface area contributed by atoms with Gasteiger partial charge in [-0.3, -0.25) is 14.3 Å². The first-order valence-corrected chi connectivity index (χ1v) is 15.2. The number of aromatic nitrogens is 3. The Morgan fingerprint density at radius 2 is 1.73 bits per heavy atom. The minimum absolute atomic E-state index is 0.138. The second-order valence-corrected chi connectivity index (χ2v) is 12.9. The van der Waals surface area contributed by atoms with E-state index < -0.39 is 23.5 Å². The number of hydrogen-bond donors (Lipinski definition) is 3. The van der Waals surface area contributed by atoms with Gasteiger partial charge in [-0.2, -0.15) is 5.10 Å². The number of aliphatic hydroxyl groups is 2. The van der Waals surface area contributed by atoms with Crippen molar-refractivity contribution in [1.82, 2.24) is 24.4 Å². The van der Waals surface area contributed by atoms with Gasteiger partial charge in [0.15, 0.2) is 0 Å². The van der Waals surface area contributed by atoms with Gasteiger partial charge < -0.3 is 20.3 Å². The third-order valence-corrected chi connectivity index (χ3v) is 8.28. The number of alkyl carbamates (subject to hydrolysis) is 1. The molecule has 1 aliphatic heterocycles. The average molecular weight is 602 g/mol. The molecule has 44 heavy (non-hydrogen) atoms. The zero-order chi connectivity index (χ0) is 31.5. The second-order valence-electron chi connectivity index (χ2n) is 12.9. The Bertz CT molecular complexity index is 1620. The van der Waals surface area contributed by atoms with Crippen molar-refractivity contribution in [3.63, 3.8) is 0 Å². The predicted molar refractivity (Wildman–Crippen MR) is 169 cm³/mol. The molecule has 10 heteroatoms. The minimum Gasteiger partial charge on any atom is -0.444 e. The van der Waals surface area contributed by atoms with Crippen LogP contribution in [0.2, 0.25) is 0 Å². The molecule has 1 saturated heterocycles. The molecule has 1 unspecified atom stereocenters. The maximum absolute atomic E-state index is 13.4. The molecule has 5 rings (SSSR count). The van der Waals surface area contributed by atoms with Gasteiger partial charge in [-0.25, -0.2) is 9.31 Å². The SMILES string of the molecule is C[C@H](CC(O)N1CCC(O)(Cn2cnn3c(-c4ccc(CNC(=O)OC(C)(C)C)cc4)ccc3c2=O)CC1)c1ccccc1. The number of benzene rings is 2. The number of piperidine rings is 1. The van der Waals surface area contributed by atoms with Crippen molar-refractivity contribution in [2.75, 3.05) is 13.1 Å². The lowest BCUT2D eigenvalue weighted by Gasteiger charge is -2.40.